The van der Waals surface area contributed by atoms with E-state index >= 15 is 0 Å². The van der Waals surface area contributed by atoms with E-state index in [4.69, 9.17) is 4.98 Å². The maximum atomic E-state index is 11.2. The molecule has 0 bridgehead atoms. The van der Waals surface area contributed by atoms with E-state index in [0.717, 1.165) is 34.2 Å². The van der Waals surface area contributed by atoms with Gasteiger partial charge in [-0.25, -0.2) is 9.97 Å². The van der Waals surface area contributed by atoms with E-state index in [1.165, 1.54) is 16.5 Å². The van der Waals surface area contributed by atoms with Crippen molar-refractivity contribution >= 4 is 55.6 Å². The lowest BCUT2D eigenvalue weighted by Gasteiger charge is -2.08. The predicted octanol–water partition coefficient (Wildman–Crippen LogP) is 4.27. The highest BCUT2D eigenvalue weighted by Crippen LogP contribution is 2.31. The van der Waals surface area contributed by atoms with Gasteiger partial charge in [-0.3, -0.25) is 4.79 Å². The first-order valence-corrected chi connectivity index (χ1v) is 9.41. The number of aromatic nitrogens is 2. The Morgan fingerprint density at radius 3 is 2.81 bits per heavy atom. The number of nitrogens with one attached hydrogen (secondary N) is 3. The van der Waals surface area contributed by atoms with Crippen LogP contribution in [0.4, 0.5) is 17.3 Å². The summed E-state index contributed by atoms with van der Waals surface area (Å²) in [6.07, 6.45) is 1.83. The highest BCUT2D eigenvalue weighted by atomic mass is 32.1. The molecule has 0 radical (unpaired) electrons. The molecule has 4 rings (SSSR count). The van der Waals surface area contributed by atoms with Gasteiger partial charge in [0.05, 0.1) is 5.52 Å². The highest BCUT2D eigenvalue weighted by Gasteiger charge is 2.09. The number of nitrogens with zero attached hydrogens (tertiary/aromatic N) is 2. The highest BCUT2D eigenvalue weighted by molar-refractivity contribution is 7.19. The van der Waals surface area contributed by atoms with Gasteiger partial charge in [0.25, 0.3) is 0 Å². The fourth-order valence-corrected chi connectivity index (χ4v) is 4.07. The lowest BCUT2D eigenvalue weighted by atomic mass is 10.2. The molecule has 136 valence electrons. The third kappa shape index (κ3) is 3.74. The van der Waals surface area contributed by atoms with Crippen molar-refractivity contribution in [2.75, 3.05) is 17.7 Å². The normalized spacial score (nSPS) is 11.0. The largest absolute Gasteiger partial charge is 0.326 e. The smallest absolute Gasteiger partial charge is 0.227 e. The molecule has 0 atom stereocenters. The van der Waals surface area contributed by atoms with E-state index in [1.54, 1.807) is 11.3 Å². The van der Waals surface area contributed by atoms with E-state index < -0.39 is 0 Å². The first-order chi connectivity index (χ1) is 13.1. The molecular formula is C20H19N5OS. The fourth-order valence-electron chi connectivity index (χ4n) is 2.99. The molecule has 0 unspecified atom stereocenters. The first kappa shape index (κ1) is 17.4. The number of hydrogen-bond acceptors (Lipinski definition) is 6. The van der Waals surface area contributed by atoms with Crippen molar-refractivity contribution in [3.05, 3.63) is 53.5 Å². The van der Waals surface area contributed by atoms with Crippen molar-refractivity contribution in [1.82, 2.24) is 15.3 Å². The van der Waals surface area contributed by atoms with Gasteiger partial charge in [-0.1, -0.05) is 6.07 Å². The Kier molecular flexibility index (Phi) is 4.70. The molecule has 2 aromatic carbocycles. The van der Waals surface area contributed by atoms with E-state index in [9.17, 15) is 4.79 Å². The molecule has 0 aliphatic heterocycles. The summed E-state index contributed by atoms with van der Waals surface area (Å²) in [4.78, 5) is 21.7. The topological polar surface area (TPSA) is 78.9 Å². The summed E-state index contributed by atoms with van der Waals surface area (Å²) in [6.45, 7) is 2.33. The van der Waals surface area contributed by atoms with Crippen molar-refractivity contribution in [2.24, 2.45) is 0 Å². The van der Waals surface area contributed by atoms with Gasteiger partial charge in [-0.05, 0) is 43.4 Å². The predicted molar refractivity (Wildman–Crippen MR) is 112 cm³/mol. The second-order valence-corrected chi connectivity index (χ2v) is 7.41. The molecule has 7 heteroatoms. The molecule has 3 N–H and O–H groups in total. The van der Waals surface area contributed by atoms with Crippen LogP contribution in [-0.4, -0.2) is 22.9 Å². The average molecular weight is 377 g/mol. The molecule has 0 aliphatic rings. The Morgan fingerprint density at radius 2 is 2.00 bits per heavy atom. The SMILES string of the molecule is CNCc1cc2c(ccc3cnc(Nc4cccc(NC(C)=O)c4)nc32)s1. The number of carbonyl (C=O) groups excluding carboxylic acids is 1. The number of rotatable bonds is 5. The maximum absolute atomic E-state index is 11.2. The average Bonchev–Trinajstić information content (AvgIpc) is 3.05. The van der Waals surface area contributed by atoms with E-state index in [0.29, 0.717) is 5.95 Å². The molecule has 27 heavy (non-hydrogen) atoms. The van der Waals surface area contributed by atoms with Crippen molar-refractivity contribution in [3.63, 3.8) is 0 Å². The van der Waals surface area contributed by atoms with Crippen molar-refractivity contribution in [3.8, 4) is 0 Å². The second kappa shape index (κ2) is 7.30. The van der Waals surface area contributed by atoms with E-state index in [-0.39, 0.29) is 5.91 Å². The maximum Gasteiger partial charge on any atom is 0.227 e. The summed E-state index contributed by atoms with van der Waals surface area (Å²) in [5, 5.41) is 11.3. The molecule has 2 heterocycles. The fraction of sp³-hybridized carbons (Fsp3) is 0.150. The van der Waals surface area contributed by atoms with Crippen LogP contribution >= 0.6 is 11.3 Å². The molecule has 6 nitrogen and oxygen atoms in total. The van der Waals surface area contributed by atoms with Crippen LogP contribution in [0.15, 0.2) is 48.7 Å². The molecule has 2 aromatic heterocycles. The Labute approximate surface area is 160 Å². The number of benzene rings is 2. The van der Waals surface area contributed by atoms with Gasteiger partial charge < -0.3 is 16.0 Å². The Hall–Kier alpha value is -3.03. The number of carbonyl (C=O) groups is 1. The van der Waals surface area contributed by atoms with Crippen LogP contribution in [0.3, 0.4) is 0 Å². The lowest BCUT2D eigenvalue weighted by Crippen LogP contribution is -2.06. The third-order valence-electron chi connectivity index (χ3n) is 4.09. The zero-order valence-electron chi connectivity index (χ0n) is 15.0. The number of fused-ring (bicyclic) bond motifs is 3. The molecule has 0 fully saturated rings. The van der Waals surface area contributed by atoms with Crippen LogP contribution in [-0.2, 0) is 11.3 Å². The summed E-state index contributed by atoms with van der Waals surface area (Å²) >= 11 is 1.77. The number of amides is 1. The van der Waals surface area contributed by atoms with Crippen LogP contribution in [0, 0.1) is 0 Å². The molecule has 0 aliphatic carbocycles. The minimum Gasteiger partial charge on any atom is -0.326 e. The number of thiophene rings is 1. The minimum absolute atomic E-state index is 0.105. The lowest BCUT2D eigenvalue weighted by molar-refractivity contribution is -0.114. The zero-order chi connectivity index (χ0) is 18.8. The number of hydrogen-bond donors (Lipinski definition) is 3. The molecular weight excluding hydrogens is 358 g/mol. The van der Waals surface area contributed by atoms with Crippen LogP contribution in [0.2, 0.25) is 0 Å². The van der Waals surface area contributed by atoms with Gasteiger partial charge in [0.1, 0.15) is 0 Å². The van der Waals surface area contributed by atoms with Gasteiger partial charge in [0.2, 0.25) is 11.9 Å². The van der Waals surface area contributed by atoms with Crippen molar-refractivity contribution < 1.29 is 4.79 Å². The van der Waals surface area contributed by atoms with Crippen LogP contribution in [0.1, 0.15) is 11.8 Å². The van der Waals surface area contributed by atoms with E-state index in [1.807, 2.05) is 37.5 Å². The van der Waals surface area contributed by atoms with Gasteiger partial charge in [0, 0.05) is 51.4 Å². The summed E-state index contributed by atoms with van der Waals surface area (Å²) in [5.74, 6) is 0.419. The van der Waals surface area contributed by atoms with Gasteiger partial charge in [-0.15, -0.1) is 11.3 Å². The standard InChI is InChI=1S/C20H19N5OS/c1-12(26)23-14-4-3-5-15(8-14)24-20-22-10-13-6-7-18-17(19(13)25-20)9-16(27-18)11-21-2/h3-10,21H,11H2,1-2H3,(H,23,26)(H,22,24,25). The number of anilines is 3. The van der Waals surface area contributed by atoms with Gasteiger partial charge >= 0.3 is 0 Å². The monoisotopic (exact) mass is 377 g/mol. The Bertz CT molecular complexity index is 1140. The third-order valence-corrected chi connectivity index (χ3v) is 5.19. The van der Waals surface area contributed by atoms with Crippen LogP contribution < -0.4 is 16.0 Å². The zero-order valence-corrected chi connectivity index (χ0v) is 15.9. The minimum atomic E-state index is -0.105. The summed E-state index contributed by atoms with van der Waals surface area (Å²) in [7, 11) is 1.95. The van der Waals surface area contributed by atoms with Crippen molar-refractivity contribution in [1.29, 1.82) is 0 Å². The first-order valence-electron chi connectivity index (χ1n) is 8.60. The van der Waals surface area contributed by atoms with Gasteiger partial charge in [0.15, 0.2) is 0 Å². The molecule has 4 aromatic rings. The van der Waals surface area contributed by atoms with Crippen molar-refractivity contribution in [2.45, 2.75) is 13.5 Å². The van der Waals surface area contributed by atoms with Crippen LogP contribution in [0.25, 0.3) is 21.0 Å². The van der Waals surface area contributed by atoms with Gasteiger partial charge in [-0.2, -0.15) is 0 Å². The second-order valence-electron chi connectivity index (χ2n) is 6.24. The molecule has 0 spiro atoms. The quantitative estimate of drug-likeness (QED) is 0.484. The Morgan fingerprint density at radius 1 is 1.15 bits per heavy atom. The summed E-state index contributed by atoms with van der Waals surface area (Å²) in [5.41, 5.74) is 2.47. The molecule has 0 saturated heterocycles. The summed E-state index contributed by atoms with van der Waals surface area (Å²) < 4.78 is 1.21. The van der Waals surface area contributed by atoms with Crippen LogP contribution in [0.5, 0.6) is 0 Å². The molecule has 1 amide bonds. The summed E-state index contributed by atoms with van der Waals surface area (Å²) in [6, 6.07) is 13.8. The Balaban J connectivity index is 1.70. The molecule has 0 saturated carbocycles. The van der Waals surface area contributed by atoms with E-state index in [2.05, 4.69) is 39.1 Å².